The third-order valence-corrected chi connectivity index (χ3v) is 1.75. The lowest BCUT2D eigenvalue weighted by Crippen LogP contribution is -2.07. The van der Waals surface area contributed by atoms with Gasteiger partial charge in [0.25, 0.3) is 5.69 Å². The van der Waals surface area contributed by atoms with Gasteiger partial charge in [0.1, 0.15) is 5.69 Å². The van der Waals surface area contributed by atoms with Crippen molar-refractivity contribution < 1.29 is 10.0 Å². The molecule has 0 unspecified atom stereocenters. The molecule has 0 spiro atoms. The zero-order chi connectivity index (χ0) is 13.3. The summed E-state index contributed by atoms with van der Waals surface area (Å²) in [5.41, 5.74) is 0.469. The second kappa shape index (κ2) is 8.07. The van der Waals surface area contributed by atoms with E-state index in [0.717, 1.165) is 0 Å². The van der Waals surface area contributed by atoms with E-state index in [2.05, 4.69) is 5.32 Å². The van der Waals surface area contributed by atoms with Crippen molar-refractivity contribution in [3.63, 3.8) is 0 Å². The molecule has 0 aromatic heterocycles. The Morgan fingerprint density at radius 1 is 1.53 bits per heavy atom. The van der Waals surface area contributed by atoms with Crippen LogP contribution in [0.15, 0.2) is 18.2 Å². The van der Waals surface area contributed by atoms with Gasteiger partial charge in [-0.3, -0.25) is 10.1 Å². The number of nitrogens with zero attached hydrogens (tertiary/aromatic N) is 2. The maximum absolute atomic E-state index is 10.6. The van der Waals surface area contributed by atoms with Gasteiger partial charge in [-0.2, -0.15) is 5.26 Å². The van der Waals surface area contributed by atoms with Crippen LogP contribution in [0.1, 0.15) is 19.4 Å². The molecule has 92 valence electrons. The molecule has 0 aliphatic heterocycles. The van der Waals surface area contributed by atoms with E-state index < -0.39 is 4.92 Å². The smallest absolute Gasteiger partial charge is 0.292 e. The maximum atomic E-state index is 10.6. The Hall–Kier alpha value is -2.13. The lowest BCUT2D eigenvalue weighted by Gasteiger charge is -2.05. The van der Waals surface area contributed by atoms with Crippen LogP contribution in [0.5, 0.6) is 0 Å². The third kappa shape index (κ3) is 4.49. The first-order valence-electron chi connectivity index (χ1n) is 5.22. The third-order valence-electron chi connectivity index (χ3n) is 1.75. The topological polar surface area (TPSA) is 99.2 Å². The quantitative estimate of drug-likeness (QED) is 0.615. The van der Waals surface area contributed by atoms with Crippen molar-refractivity contribution in [3.8, 4) is 6.07 Å². The molecule has 6 nitrogen and oxygen atoms in total. The van der Waals surface area contributed by atoms with Crippen molar-refractivity contribution in [1.82, 2.24) is 0 Å². The van der Waals surface area contributed by atoms with Gasteiger partial charge in [-0.25, -0.2) is 0 Å². The maximum Gasteiger partial charge on any atom is 0.292 e. The van der Waals surface area contributed by atoms with Crippen molar-refractivity contribution >= 4 is 11.4 Å². The molecule has 0 fully saturated rings. The normalized spacial score (nSPS) is 8.59. The molecule has 0 saturated carbocycles. The van der Waals surface area contributed by atoms with Gasteiger partial charge in [0.15, 0.2) is 0 Å². The van der Waals surface area contributed by atoms with Gasteiger partial charge >= 0.3 is 0 Å². The Morgan fingerprint density at radius 2 is 2.18 bits per heavy atom. The number of anilines is 1. The summed E-state index contributed by atoms with van der Waals surface area (Å²) >= 11 is 0. The molecule has 1 rings (SSSR count). The van der Waals surface area contributed by atoms with E-state index in [1.54, 1.807) is 0 Å². The SMILES string of the molecule is CC.N#Cc1ccc([N+](=O)[O-])c(NCCO)c1. The summed E-state index contributed by atoms with van der Waals surface area (Å²) in [6.07, 6.45) is 0. The fraction of sp³-hybridized carbons (Fsp3) is 0.364. The van der Waals surface area contributed by atoms with Crippen LogP contribution in [0.2, 0.25) is 0 Å². The van der Waals surface area contributed by atoms with Crippen molar-refractivity contribution in [2.45, 2.75) is 13.8 Å². The van der Waals surface area contributed by atoms with Gasteiger partial charge in [0, 0.05) is 12.6 Å². The molecular formula is C11H15N3O3. The number of nitro groups is 1. The molecule has 0 amide bonds. The highest BCUT2D eigenvalue weighted by Gasteiger charge is 2.13. The zero-order valence-corrected chi connectivity index (χ0v) is 9.80. The van der Waals surface area contributed by atoms with Gasteiger partial charge in [-0.05, 0) is 12.1 Å². The fourth-order valence-electron chi connectivity index (χ4n) is 1.10. The summed E-state index contributed by atoms with van der Waals surface area (Å²) in [5, 5.41) is 30.5. The Morgan fingerprint density at radius 3 is 2.65 bits per heavy atom. The Labute approximate surface area is 99.7 Å². The van der Waals surface area contributed by atoms with Crippen LogP contribution >= 0.6 is 0 Å². The molecular weight excluding hydrogens is 222 g/mol. The van der Waals surface area contributed by atoms with Gasteiger partial charge in [0.05, 0.1) is 23.2 Å². The highest BCUT2D eigenvalue weighted by atomic mass is 16.6. The second-order valence-electron chi connectivity index (χ2n) is 2.75. The second-order valence-corrected chi connectivity index (χ2v) is 2.75. The minimum atomic E-state index is -0.541. The van der Waals surface area contributed by atoms with E-state index in [-0.39, 0.29) is 24.5 Å². The minimum Gasteiger partial charge on any atom is -0.395 e. The van der Waals surface area contributed by atoms with Crippen LogP contribution in [-0.4, -0.2) is 23.2 Å². The zero-order valence-electron chi connectivity index (χ0n) is 9.80. The molecule has 0 radical (unpaired) electrons. The molecule has 0 aliphatic carbocycles. The van der Waals surface area contributed by atoms with Crippen molar-refractivity contribution in [2.75, 3.05) is 18.5 Å². The van der Waals surface area contributed by atoms with Gasteiger partial charge in [0.2, 0.25) is 0 Å². The summed E-state index contributed by atoms with van der Waals surface area (Å²) in [6.45, 7) is 4.07. The standard InChI is InChI=1S/C9H9N3O3.C2H6/c10-6-7-1-2-9(12(14)15)8(5-7)11-3-4-13;1-2/h1-2,5,11,13H,3-4H2;1-2H3. The largest absolute Gasteiger partial charge is 0.395 e. The lowest BCUT2D eigenvalue weighted by molar-refractivity contribution is -0.384. The molecule has 0 atom stereocenters. The summed E-state index contributed by atoms with van der Waals surface area (Å²) in [6, 6.07) is 5.91. The molecule has 17 heavy (non-hydrogen) atoms. The average molecular weight is 237 g/mol. The molecule has 1 aromatic carbocycles. The molecule has 0 bridgehead atoms. The van der Waals surface area contributed by atoms with Crippen molar-refractivity contribution in [2.24, 2.45) is 0 Å². The van der Waals surface area contributed by atoms with E-state index >= 15 is 0 Å². The molecule has 6 heteroatoms. The summed E-state index contributed by atoms with van der Waals surface area (Å²) in [5.74, 6) is 0. The average Bonchev–Trinajstić information content (AvgIpc) is 2.38. The van der Waals surface area contributed by atoms with Crippen LogP contribution in [0.25, 0.3) is 0 Å². The number of rotatable bonds is 4. The van der Waals surface area contributed by atoms with E-state index in [1.807, 2.05) is 19.9 Å². The molecule has 0 aliphatic rings. The van der Waals surface area contributed by atoms with Crippen LogP contribution in [0, 0.1) is 21.4 Å². The van der Waals surface area contributed by atoms with Crippen LogP contribution in [0.4, 0.5) is 11.4 Å². The Balaban J connectivity index is 0.00000121. The number of nitriles is 1. The van der Waals surface area contributed by atoms with Crippen LogP contribution in [0.3, 0.4) is 0 Å². The predicted octanol–water partition coefficient (Wildman–Crippen LogP) is 1.90. The lowest BCUT2D eigenvalue weighted by atomic mass is 10.2. The number of nitrogens with one attached hydrogen (secondary N) is 1. The van der Waals surface area contributed by atoms with E-state index in [4.69, 9.17) is 10.4 Å². The molecule has 1 aromatic rings. The van der Waals surface area contributed by atoms with Gasteiger partial charge in [-0.1, -0.05) is 13.8 Å². The number of hydrogen-bond donors (Lipinski definition) is 2. The first kappa shape index (κ1) is 14.9. The number of aliphatic hydroxyl groups excluding tert-OH is 1. The number of benzene rings is 1. The Bertz CT molecular complexity index is 413. The summed E-state index contributed by atoms with van der Waals surface area (Å²) < 4.78 is 0. The highest BCUT2D eigenvalue weighted by molar-refractivity contribution is 5.64. The first-order chi connectivity index (χ1) is 8.19. The first-order valence-corrected chi connectivity index (χ1v) is 5.22. The van der Waals surface area contributed by atoms with E-state index in [9.17, 15) is 10.1 Å². The summed E-state index contributed by atoms with van der Waals surface area (Å²) in [7, 11) is 0. The number of hydrogen-bond acceptors (Lipinski definition) is 5. The Kier molecular flexibility index (Phi) is 7.06. The fourth-order valence-corrected chi connectivity index (χ4v) is 1.10. The number of aliphatic hydroxyl groups is 1. The van der Waals surface area contributed by atoms with E-state index in [1.165, 1.54) is 18.2 Å². The highest BCUT2D eigenvalue weighted by Crippen LogP contribution is 2.24. The molecule has 0 saturated heterocycles. The molecule has 2 N–H and O–H groups in total. The van der Waals surface area contributed by atoms with Crippen molar-refractivity contribution in [3.05, 3.63) is 33.9 Å². The van der Waals surface area contributed by atoms with Crippen LogP contribution < -0.4 is 5.32 Å². The predicted molar refractivity (Wildman–Crippen MR) is 64.7 cm³/mol. The van der Waals surface area contributed by atoms with Crippen molar-refractivity contribution in [1.29, 1.82) is 5.26 Å². The summed E-state index contributed by atoms with van der Waals surface area (Å²) in [4.78, 5) is 10.1. The van der Waals surface area contributed by atoms with E-state index in [0.29, 0.717) is 5.56 Å². The van der Waals surface area contributed by atoms with Crippen LogP contribution in [-0.2, 0) is 0 Å². The minimum absolute atomic E-state index is 0.109. The van der Waals surface area contributed by atoms with Gasteiger partial charge < -0.3 is 10.4 Å². The van der Waals surface area contributed by atoms with Gasteiger partial charge in [-0.15, -0.1) is 0 Å². The monoisotopic (exact) mass is 237 g/mol. The number of nitro benzene ring substituents is 1. The molecule has 0 heterocycles.